The van der Waals surface area contributed by atoms with E-state index in [2.05, 4.69) is 195 Å². The number of thiophene rings is 1. The zero-order valence-electron chi connectivity index (χ0n) is 28.6. The summed E-state index contributed by atoms with van der Waals surface area (Å²) in [5, 5.41) is 5.17. The lowest BCUT2D eigenvalue weighted by Gasteiger charge is -2.28. The molecule has 0 unspecified atom stereocenters. The SMILES string of the molecule is CC1(C)c2ccccc2-c2ccc(N(c3ccc(-c4ccc5sc6ccccc6c5c4)cc3)c3cccc(-c4cccc5ccccc45)c3)cc21. The summed E-state index contributed by atoms with van der Waals surface area (Å²) in [6, 6.07) is 64.9. The lowest BCUT2D eigenvalue weighted by atomic mass is 9.82. The number of nitrogens with zero attached hydrogens (tertiary/aromatic N) is 1. The quantitative estimate of drug-likeness (QED) is 0.176. The van der Waals surface area contributed by atoms with Crippen LogP contribution in [-0.4, -0.2) is 0 Å². The Morgan fingerprint density at radius 2 is 1.04 bits per heavy atom. The Morgan fingerprint density at radius 1 is 0.392 bits per heavy atom. The molecule has 0 amide bonds. The van der Waals surface area contributed by atoms with Crippen molar-refractivity contribution in [3.05, 3.63) is 187 Å². The molecule has 8 aromatic carbocycles. The molecule has 242 valence electrons. The molecule has 1 aliphatic rings. The molecule has 0 aliphatic heterocycles. The first kappa shape index (κ1) is 29.9. The average molecular weight is 670 g/mol. The summed E-state index contributed by atoms with van der Waals surface area (Å²) in [4.78, 5) is 2.42. The summed E-state index contributed by atoms with van der Waals surface area (Å²) in [6.07, 6.45) is 0. The van der Waals surface area contributed by atoms with E-state index in [1.807, 2.05) is 11.3 Å². The van der Waals surface area contributed by atoms with E-state index in [4.69, 9.17) is 0 Å². The van der Waals surface area contributed by atoms with Gasteiger partial charge in [0.2, 0.25) is 0 Å². The standard InChI is InChI=1S/C49H35NS/c1-49(2)45-19-7-5-16-41(45)42-27-26-38(31-46(42)49)50(37-14-9-13-35(29-37)40-18-10-12-33-11-3-4-15-39(33)40)36-24-21-32(22-25-36)34-23-28-48-44(30-34)43-17-6-8-20-47(43)51-48/h3-31H,1-2H3. The predicted molar refractivity (Wildman–Crippen MR) is 220 cm³/mol. The molecule has 0 atom stereocenters. The maximum Gasteiger partial charge on any atom is 0.0467 e. The lowest BCUT2D eigenvalue weighted by molar-refractivity contribution is 0.660. The Balaban J connectivity index is 1.11. The topological polar surface area (TPSA) is 3.24 Å². The largest absolute Gasteiger partial charge is 0.310 e. The van der Waals surface area contributed by atoms with Crippen LogP contribution in [0.15, 0.2) is 176 Å². The third kappa shape index (κ3) is 4.82. The zero-order valence-corrected chi connectivity index (χ0v) is 29.4. The van der Waals surface area contributed by atoms with Gasteiger partial charge in [0.25, 0.3) is 0 Å². The van der Waals surface area contributed by atoms with E-state index in [0.29, 0.717) is 0 Å². The molecule has 1 aromatic heterocycles. The highest BCUT2D eigenvalue weighted by Crippen LogP contribution is 2.51. The monoisotopic (exact) mass is 669 g/mol. The third-order valence-electron chi connectivity index (χ3n) is 10.9. The highest BCUT2D eigenvalue weighted by molar-refractivity contribution is 7.25. The van der Waals surface area contributed by atoms with Crippen molar-refractivity contribution in [2.45, 2.75) is 19.3 Å². The smallest absolute Gasteiger partial charge is 0.0467 e. The third-order valence-corrected chi connectivity index (χ3v) is 12.0. The van der Waals surface area contributed by atoms with E-state index < -0.39 is 0 Å². The van der Waals surface area contributed by atoms with Crippen LogP contribution in [0.3, 0.4) is 0 Å². The Labute approximate surface area is 302 Å². The van der Waals surface area contributed by atoms with Gasteiger partial charge < -0.3 is 4.90 Å². The predicted octanol–water partition coefficient (Wildman–Crippen LogP) is 14.3. The van der Waals surface area contributed by atoms with Crippen molar-refractivity contribution in [3.8, 4) is 33.4 Å². The Bertz CT molecular complexity index is 2780. The first-order valence-electron chi connectivity index (χ1n) is 17.7. The molecule has 0 fully saturated rings. The summed E-state index contributed by atoms with van der Waals surface area (Å²) < 4.78 is 2.66. The molecule has 2 heteroatoms. The second kappa shape index (κ2) is 11.6. The first-order chi connectivity index (χ1) is 25.0. The Morgan fingerprint density at radius 3 is 1.94 bits per heavy atom. The van der Waals surface area contributed by atoms with Crippen LogP contribution in [0.1, 0.15) is 25.0 Å². The minimum Gasteiger partial charge on any atom is -0.310 e. The van der Waals surface area contributed by atoms with Crippen LogP contribution in [0, 0.1) is 0 Å². The van der Waals surface area contributed by atoms with Crippen molar-refractivity contribution >= 4 is 59.3 Å². The van der Waals surface area contributed by atoms with Crippen molar-refractivity contribution in [1.82, 2.24) is 0 Å². The van der Waals surface area contributed by atoms with Gasteiger partial charge >= 0.3 is 0 Å². The van der Waals surface area contributed by atoms with Gasteiger partial charge in [0.1, 0.15) is 0 Å². The number of anilines is 3. The van der Waals surface area contributed by atoms with E-state index in [9.17, 15) is 0 Å². The minimum atomic E-state index is -0.0905. The van der Waals surface area contributed by atoms with E-state index in [1.54, 1.807) is 0 Å². The van der Waals surface area contributed by atoms with Crippen LogP contribution in [0.5, 0.6) is 0 Å². The molecule has 1 aliphatic carbocycles. The van der Waals surface area contributed by atoms with Crippen molar-refractivity contribution < 1.29 is 0 Å². The molecule has 0 spiro atoms. The number of hydrogen-bond acceptors (Lipinski definition) is 2. The van der Waals surface area contributed by atoms with Crippen LogP contribution >= 0.6 is 11.3 Å². The van der Waals surface area contributed by atoms with Crippen molar-refractivity contribution in [3.63, 3.8) is 0 Å². The van der Waals surface area contributed by atoms with Crippen LogP contribution in [0.2, 0.25) is 0 Å². The van der Waals surface area contributed by atoms with Gasteiger partial charge in [0.15, 0.2) is 0 Å². The van der Waals surface area contributed by atoms with Gasteiger partial charge in [-0.3, -0.25) is 0 Å². The summed E-state index contributed by atoms with van der Waals surface area (Å²) in [6.45, 7) is 4.71. The summed E-state index contributed by atoms with van der Waals surface area (Å²) in [5.74, 6) is 0. The molecule has 1 heterocycles. The number of benzene rings is 8. The van der Waals surface area contributed by atoms with E-state index in [-0.39, 0.29) is 5.41 Å². The van der Waals surface area contributed by atoms with E-state index >= 15 is 0 Å². The second-order valence-corrected chi connectivity index (χ2v) is 15.3. The number of rotatable bonds is 5. The summed E-state index contributed by atoms with van der Waals surface area (Å²) in [5.41, 5.74) is 13.6. The molecule has 0 radical (unpaired) electrons. The highest BCUT2D eigenvalue weighted by atomic mass is 32.1. The fourth-order valence-electron chi connectivity index (χ4n) is 8.28. The molecule has 51 heavy (non-hydrogen) atoms. The summed E-state index contributed by atoms with van der Waals surface area (Å²) >= 11 is 1.86. The minimum absolute atomic E-state index is 0.0905. The van der Waals surface area contributed by atoms with Gasteiger partial charge in [-0.1, -0.05) is 135 Å². The molecular weight excluding hydrogens is 635 g/mol. The molecular formula is C49H35NS. The zero-order chi connectivity index (χ0) is 34.1. The number of fused-ring (bicyclic) bond motifs is 7. The van der Waals surface area contributed by atoms with Crippen LogP contribution in [-0.2, 0) is 5.41 Å². The van der Waals surface area contributed by atoms with Gasteiger partial charge in [-0.15, -0.1) is 11.3 Å². The van der Waals surface area contributed by atoms with Crippen molar-refractivity contribution in [2.24, 2.45) is 0 Å². The normalized spacial score (nSPS) is 13.1. The van der Waals surface area contributed by atoms with E-state index in [1.165, 1.54) is 75.5 Å². The molecule has 1 nitrogen and oxygen atoms in total. The molecule has 0 N–H and O–H groups in total. The van der Waals surface area contributed by atoms with Crippen LogP contribution in [0.4, 0.5) is 17.1 Å². The van der Waals surface area contributed by atoms with Gasteiger partial charge in [-0.05, 0) is 110 Å². The van der Waals surface area contributed by atoms with Crippen molar-refractivity contribution in [2.75, 3.05) is 4.90 Å². The molecule has 0 saturated carbocycles. The van der Waals surface area contributed by atoms with Gasteiger partial charge in [0, 0.05) is 42.6 Å². The maximum atomic E-state index is 2.42. The van der Waals surface area contributed by atoms with Gasteiger partial charge in [-0.2, -0.15) is 0 Å². The van der Waals surface area contributed by atoms with Crippen molar-refractivity contribution in [1.29, 1.82) is 0 Å². The fourth-order valence-corrected chi connectivity index (χ4v) is 9.36. The Hall–Kier alpha value is -5.96. The van der Waals surface area contributed by atoms with Crippen LogP contribution in [0.25, 0.3) is 64.3 Å². The summed E-state index contributed by atoms with van der Waals surface area (Å²) in [7, 11) is 0. The Kier molecular flexibility index (Phi) is 6.78. The number of hydrogen-bond donors (Lipinski definition) is 0. The van der Waals surface area contributed by atoms with Gasteiger partial charge in [-0.25, -0.2) is 0 Å². The lowest BCUT2D eigenvalue weighted by Crippen LogP contribution is -2.16. The van der Waals surface area contributed by atoms with Crippen LogP contribution < -0.4 is 4.90 Å². The second-order valence-electron chi connectivity index (χ2n) is 14.2. The average Bonchev–Trinajstić information content (AvgIpc) is 3.66. The maximum absolute atomic E-state index is 2.42. The fraction of sp³-hybridized carbons (Fsp3) is 0.0612. The first-order valence-corrected chi connectivity index (χ1v) is 18.5. The highest BCUT2D eigenvalue weighted by Gasteiger charge is 2.35. The van der Waals surface area contributed by atoms with Gasteiger partial charge in [0.05, 0.1) is 0 Å². The molecule has 0 bridgehead atoms. The molecule has 10 rings (SSSR count). The van der Waals surface area contributed by atoms with E-state index in [0.717, 1.165) is 17.1 Å². The molecule has 0 saturated heterocycles. The molecule has 9 aromatic rings.